The number of hydrogen-bond acceptors (Lipinski definition) is 4. The van der Waals surface area contributed by atoms with Crippen LogP contribution in [0.4, 0.5) is 4.39 Å². The molecule has 4 aliphatic rings. The van der Waals surface area contributed by atoms with Crippen LogP contribution in [0.2, 0.25) is 0 Å². The minimum absolute atomic E-state index is 0.00933. The predicted octanol–water partition coefficient (Wildman–Crippen LogP) is 2.08. The molecule has 2 saturated carbocycles. The van der Waals surface area contributed by atoms with Gasteiger partial charge in [-0.05, 0) is 57.3 Å². The number of hydrogen-bond donors (Lipinski definition) is 2. The zero-order valence-electron chi connectivity index (χ0n) is 18.6. The van der Waals surface area contributed by atoms with Gasteiger partial charge in [0, 0.05) is 57.1 Å². The standard InChI is InChI=1S/C23H39FN4O2/c1-15-7-8-20(24)19-14-21(26-22(15)19)23(30)25-17-5-3-6-18(13-17)28-10-4-9-27(11-12-28)16(2)29/h15,17-22,26H,3-14H2,1-2H3,(H,25,30). The number of amides is 2. The van der Waals surface area contributed by atoms with Crippen molar-refractivity contribution in [1.29, 1.82) is 0 Å². The summed E-state index contributed by atoms with van der Waals surface area (Å²) in [5.41, 5.74) is 0. The van der Waals surface area contributed by atoms with E-state index in [9.17, 15) is 14.0 Å². The van der Waals surface area contributed by atoms with E-state index in [1.165, 1.54) is 6.42 Å². The molecule has 7 unspecified atom stereocenters. The van der Waals surface area contributed by atoms with Gasteiger partial charge in [0.05, 0.1) is 6.04 Å². The van der Waals surface area contributed by atoms with Crippen molar-refractivity contribution < 1.29 is 14.0 Å². The summed E-state index contributed by atoms with van der Waals surface area (Å²) in [6.07, 6.45) is 6.72. The lowest BCUT2D eigenvalue weighted by atomic mass is 9.77. The summed E-state index contributed by atoms with van der Waals surface area (Å²) in [7, 11) is 0. The van der Waals surface area contributed by atoms with Crippen molar-refractivity contribution in [1.82, 2.24) is 20.4 Å². The maximum absolute atomic E-state index is 14.4. The van der Waals surface area contributed by atoms with Crippen LogP contribution in [0.3, 0.4) is 0 Å². The third-order valence-corrected chi connectivity index (χ3v) is 8.14. The fourth-order valence-corrected chi connectivity index (χ4v) is 6.35. The molecule has 4 rings (SSSR count). The molecule has 2 saturated heterocycles. The zero-order chi connectivity index (χ0) is 21.3. The van der Waals surface area contributed by atoms with Crippen LogP contribution in [0.5, 0.6) is 0 Å². The van der Waals surface area contributed by atoms with Crippen LogP contribution in [0.15, 0.2) is 0 Å². The van der Waals surface area contributed by atoms with Gasteiger partial charge in [-0.15, -0.1) is 0 Å². The van der Waals surface area contributed by atoms with E-state index in [-0.39, 0.29) is 35.9 Å². The van der Waals surface area contributed by atoms with Gasteiger partial charge in [0.15, 0.2) is 0 Å². The van der Waals surface area contributed by atoms with Gasteiger partial charge in [0.2, 0.25) is 11.8 Å². The third-order valence-electron chi connectivity index (χ3n) is 8.14. The molecule has 6 nitrogen and oxygen atoms in total. The van der Waals surface area contributed by atoms with Gasteiger partial charge in [0.1, 0.15) is 6.17 Å². The molecular weight excluding hydrogens is 383 g/mol. The number of rotatable bonds is 3. The van der Waals surface area contributed by atoms with E-state index >= 15 is 0 Å². The molecular formula is C23H39FN4O2. The van der Waals surface area contributed by atoms with Crippen LogP contribution in [0.25, 0.3) is 0 Å². The highest BCUT2D eigenvalue weighted by atomic mass is 19.1. The molecule has 0 aromatic carbocycles. The Bertz CT molecular complexity index is 614. The highest BCUT2D eigenvalue weighted by molar-refractivity contribution is 5.82. The van der Waals surface area contributed by atoms with Crippen molar-refractivity contribution in [2.45, 2.75) is 95.6 Å². The molecule has 4 fully saturated rings. The van der Waals surface area contributed by atoms with Gasteiger partial charge in [-0.2, -0.15) is 0 Å². The Kier molecular flexibility index (Phi) is 6.98. The zero-order valence-corrected chi connectivity index (χ0v) is 18.6. The third kappa shape index (κ3) is 4.82. The van der Waals surface area contributed by atoms with Crippen LogP contribution in [0, 0.1) is 11.8 Å². The molecule has 170 valence electrons. The largest absolute Gasteiger partial charge is 0.352 e. The van der Waals surface area contributed by atoms with Crippen LogP contribution >= 0.6 is 0 Å². The van der Waals surface area contributed by atoms with E-state index in [4.69, 9.17) is 0 Å². The molecule has 2 N–H and O–H groups in total. The first-order valence-corrected chi connectivity index (χ1v) is 12.1. The van der Waals surface area contributed by atoms with Crippen LogP contribution in [0.1, 0.15) is 65.2 Å². The quantitative estimate of drug-likeness (QED) is 0.731. The molecule has 2 heterocycles. The van der Waals surface area contributed by atoms with E-state index < -0.39 is 6.17 Å². The van der Waals surface area contributed by atoms with Crippen LogP contribution in [-0.4, -0.2) is 78.1 Å². The Morgan fingerprint density at radius 3 is 2.60 bits per heavy atom. The van der Waals surface area contributed by atoms with Crippen molar-refractivity contribution in [3.63, 3.8) is 0 Å². The number of nitrogens with one attached hydrogen (secondary N) is 2. The molecule has 0 radical (unpaired) electrons. The second-order valence-corrected chi connectivity index (χ2v) is 10.1. The number of fused-ring (bicyclic) bond motifs is 1. The Hall–Kier alpha value is -1.21. The Balaban J connectivity index is 1.29. The number of alkyl halides is 1. The molecule has 0 aromatic rings. The summed E-state index contributed by atoms with van der Waals surface area (Å²) in [6.45, 7) is 7.44. The summed E-state index contributed by atoms with van der Waals surface area (Å²) in [5, 5.41) is 6.76. The Morgan fingerprint density at radius 1 is 1.00 bits per heavy atom. The van der Waals surface area contributed by atoms with Crippen molar-refractivity contribution in [3.8, 4) is 0 Å². The maximum Gasteiger partial charge on any atom is 0.237 e. The first-order valence-electron chi connectivity index (χ1n) is 12.1. The first kappa shape index (κ1) is 22.0. The second-order valence-electron chi connectivity index (χ2n) is 10.1. The fraction of sp³-hybridized carbons (Fsp3) is 0.913. The van der Waals surface area contributed by atoms with E-state index in [0.717, 1.165) is 58.3 Å². The minimum atomic E-state index is -0.770. The number of carbonyl (C=O) groups excluding carboxylic acids is 2. The van der Waals surface area contributed by atoms with Crippen molar-refractivity contribution in [2.24, 2.45) is 11.8 Å². The lowest BCUT2D eigenvalue weighted by molar-refractivity contribution is -0.128. The molecule has 2 amide bonds. The average Bonchev–Trinajstić information content (AvgIpc) is 3.04. The number of carbonyl (C=O) groups is 2. The van der Waals surface area contributed by atoms with E-state index in [2.05, 4.69) is 22.5 Å². The van der Waals surface area contributed by atoms with E-state index in [1.807, 2.05) is 4.90 Å². The van der Waals surface area contributed by atoms with Crippen LogP contribution in [-0.2, 0) is 9.59 Å². The summed E-state index contributed by atoms with van der Waals surface area (Å²) in [6, 6.07) is 0.572. The lowest BCUT2D eigenvalue weighted by Crippen LogP contribution is -2.51. The highest BCUT2D eigenvalue weighted by Crippen LogP contribution is 2.38. The smallest absolute Gasteiger partial charge is 0.237 e. The Morgan fingerprint density at radius 2 is 1.83 bits per heavy atom. The molecule has 0 aromatic heterocycles. The summed E-state index contributed by atoms with van der Waals surface area (Å²) < 4.78 is 14.4. The number of halogens is 1. The highest BCUT2D eigenvalue weighted by Gasteiger charge is 2.46. The van der Waals surface area contributed by atoms with E-state index in [0.29, 0.717) is 24.8 Å². The SMILES string of the molecule is CC(=O)N1CCCN(C2CCCC(NC(=O)C3CC4C(F)CCC(C)C4N3)C2)CC1. The van der Waals surface area contributed by atoms with Gasteiger partial charge in [-0.3, -0.25) is 14.5 Å². The van der Waals surface area contributed by atoms with Gasteiger partial charge >= 0.3 is 0 Å². The molecule has 0 bridgehead atoms. The summed E-state index contributed by atoms with van der Waals surface area (Å²) in [5.74, 6) is 0.662. The topological polar surface area (TPSA) is 64.7 Å². The van der Waals surface area contributed by atoms with Crippen molar-refractivity contribution >= 4 is 11.8 Å². The molecule has 7 atom stereocenters. The molecule has 2 aliphatic heterocycles. The van der Waals surface area contributed by atoms with E-state index in [1.54, 1.807) is 6.92 Å². The average molecular weight is 423 g/mol. The van der Waals surface area contributed by atoms with Crippen molar-refractivity contribution in [3.05, 3.63) is 0 Å². The first-order chi connectivity index (χ1) is 14.4. The van der Waals surface area contributed by atoms with Crippen molar-refractivity contribution in [2.75, 3.05) is 26.2 Å². The fourth-order valence-electron chi connectivity index (χ4n) is 6.35. The molecule has 30 heavy (non-hydrogen) atoms. The van der Waals surface area contributed by atoms with Gasteiger partial charge in [0.25, 0.3) is 0 Å². The summed E-state index contributed by atoms with van der Waals surface area (Å²) >= 11 is 0. The van der Waals surface area contributed by atoms with Gasteiger partial charge in [-0.1, -0.05) is 6.92 Å². The predicted molar refractivity (Wildman–Crippen MR) is 115 cm³/mol. The monoisotopic (exact) mass is 422 g/mol. The molecule has 2 aliphatic carbocycles. The minimum Gasteiger partial charge on any atom is -0.352 e. The summed E-state index contributed by atoms with van der Waals surface area (Å²) in [4.78, 5) is 29.1. The number of nitrogens with zero attached hydrogens (tertiary/aromatic N) is 2. The normalized spacial score (nSPS) is 40.5. The lowest BCUT2D eigenvalue weighted by Gasteiger charge is -2.37. The molecule has 0 spiro atoms. The molecule has 7 heteroatoms. The second kappa shape index (κ2) is 9.51. The van der Waals surface area contributed by atoms with Crippen LogP contribution < -0.4 is 10.6 Å². The van der Waals surface area contributed by atoms with Gasteiger partial charge < -0.3 is 15.5 Å². The van der Waals surface area contributed by atoms with Gasteiger partial charge in [-0.25, -0.2) is 4.39 Å². The maximum atomic E-state index is 14.4. The Labute approximate surface area is 180 Å².